The van der Waals surface area contributed by atoms with Crippen LogP contribution >= 0.6 is 0 Å². The Bertz CT molecular complexity index is 788. The highest BCUT2D eigenvalue weighted by molar-refractivity contribution is 5.93. The van der Waals surface area contributed by atoms with Gasteiger partial charge in [0.05, 0.1) is 5.69 Å². The molecule has 0 spiro atoms. The number of fused-ring (bicyclic) bond motifs is 1. The van der Waals surface area contributed by atoms with Crippen molar-refractivity contribution in [3.8, 4) is 0 Å². The second-order valence-corrected chi connectivity index (χ2v) is 6.37. The lowest BCUT2D eigenvalue weighted by Crippen LogP contribution is -2.18. The number of carbonyl (C=O) groups excluding carboxylic acids is 1. The quantitative estimate of drug-likeness (QED) is 0.591. The number of nitrogens with one attached hydrogen (secondary N) is 2. The maximum atomic E-state index is 11.4. The van der Waals surface area contributed by atoms with Crippen LogP contribution < -0.4 is 10.8 Å². The molecule has 1 amide bonds. The SMILES string of the molecule is CC1=Cc2nc(Nc3ccc(C(=O)NO)cc3)n(C(C)C)c2CC1. The molecule has 2 aromatic rings. The maximum Gasteiger partial charge on any atom is 0.274 e. The lowest BCUT2D eigenvalue weighted by molar-refractivity contribution is 0.0706. The molecule has 0 atom stereocenters. The Morgan fingerprint density at radius 1 is 1.25 bits per heavy atom. The van der Waals surface area contributed by atoms with Gasteiger partial charge in [-0.05, 0) is 64.0 Å². The van der Waals surface area contributed by atoms with Crippen molar-refractivity contribution in [2.45, 2.75) is 39.7 Å². The predicted octanol–water partition coefficient (Wildman–Crippen LogP) is 3.68. The van der Waals surface area contributed by atoms with E-state index in [-0.39, 0.29) is 0 Å². The maximum absolute atomic E-state index is 11.4. The zero-order valence-corrected chi connectivity index (χ0v) is 14.1. The molecule has 0 saturated heterocycles. The van der Waals surface area contributed by atoms with Crippen LogP contribution in [0.4, 0.5) is 11.6 Å². The Kier molecular flexibility index (Phi) is 4.40. The Hall–Kier alpha value is -2.60. The number of rotatable bonds is 4. The summed E-state index contributed by atoms with van der Waals surface area (Å²) in [6.07, 6.45) is 4.22. The van der Waals surface area contributed by atoms with Crippen molar-refractivity contribution in [3.05, 3.63) is 46.8 Å². The van der Waals surface area contributed by atoms with Crippen molar-refractivity contribution in [1.82, 2.24) is 15.0 Å². The van der Waals surface area contributed by atoms with Crippen LogP contribution in [0.2, 0.25) is 0 Å². The minimum atomic E-state index is -0.527. The monoisotopic (exact) mass is 326 g/mol. The van der Waals surface area contributed by atoms with Crippen molar-refractivity contribution in [2.75, 3.05) is 5.32 Å². The van der Waals surface area contributed by atoms with Crippen LogP contribution in [0.5, 0.6) is 0 Å². The molecular formula is C18H22N4O2. The third-order valence-electron chi connectivity index (χ3n) is 4.20. The van der Waals surface area contributed by atoms with E-state index in [4.69, 9.17) is 10.2 Å². The summed E-state index contributed by atoms with van der Waals surface area (Å²) < 4.78 is 2.23. The average Bonchev–Trinajstić information content (AvgIpc) is 2.91. The molecule has 3 rings (SSSR count). The molecule has 3 N–H and O–H groups in total. The molecule has 0 radical (unpaired) electrons. The van der Waals surface area contributed by atoms with Gasteiger partial charge in [-0.25, -0.2) is 10.5 Å². The standard InChI is InChI=1S/C18H22N4O2/c1-11(2)22-16-9-4-12(3)10-15(16)20-18(22)19-14-7-5-13(6-8-14)17(23)21-24/h5-8,10-11,24H,4,9H2,1-3H3,(H,19,20)(H,21,23). The minimum absolute atomic E-state index is 0.301. The van der Waals surface area contributed by atoms with Crippen LogP contribution in [-0.4, -0.2) is 20.7 Å². The Morgan fingerprint density at radius 2 is 1.96 bits per heavy atom. The second kappa shape index (κ2) is 6.49. The fourth-order valence-electron chi connectivity index (χ4n) is 3.01. The highest BCUT2D eigenvalue weighted by Crippen LogP contribution is 2.30. The highest BCUT2D eigenvalue weighted by Gasteiger charge is 2.20. The number of benzene rings is 1. The number of allylic oxidation sites excluding steroid dienone is 1. The first-order valence-corrected chi connectivity index (χ1v) is 8.09. The van der Waals surface area contributed by atoms with Gasteiger partial charge in [0, 0.05) is 23.0 Å². The number of nitrogens with zero attached hydrogens (tertiary/aromatic N) is 2. The third kappa shape index (κ3) is 3.05. The summed E-state index contributed by atoms with van der Waals surface area (Å²) in [6.45, 7) is 6.43. The smallest absolute Gasteiger partial charge is 0.274 e. The lowest BCUT2D eigenvalue weighted by atomic mass is 10.0. The highest BCUT2D eigenvalue weighted by atomic mass is 16.5. The number of hydroxylamine groups is 1. The van der Waals surface area contributed by atoms with Crippen LogP contribution in [0.25, 0.3) is 6.08 Å². The van der Waals surface area contributed by atoms with Crippen molar-refractivity contribution in [2.24, 2.45) is 0 Å². The van der Waals surface area contributed by atoms with Gasteiger partial charge >= 0.3 is 0 Å². The zero-order valence-electron chi connectivity index (χ0n) is 14.1. The van der Waals surface area contributed by atoms with Gasteiger partial charge in [0.25, 0.3) is 5.91 Å². The molecule has 1 aliphatic rings. The molecule has 0 saturated carbocycles. The molecular weight excluding hydrogens is 304 g/mol. The molecule has 126 valence electrons. The molecule has 0 fully saturated rings. The fraction of sp³-hybridized carbons (Fsp3) is 0.333. The average molecular weight is 326 g/mol. The van der Waals surface area contributed by atoms with E-state index < -0.39 is 5.91 Å². The van der Waals surface area contributed by atoms with Crippen LogP contribution in [0, 0.1) is 0 Å². The van der Waals surface area contributed by atoms with E-state index in [2.05, 4.69) is 36.7 Å². The molecule has 1 aromatic carbocycles. The van der Waals surface area contributed by atoms with E-state index in [1.165, 1.54) is 11.3 Å². The van der Waals surface area contributed by atoms with Crippen molar-refractivity contribution in [1.29, 1.82) is 0 Å². The minimum Gasteiger partial charge on any atom is -0.326 e. The van der Waals surface area contributed by atoms with Gasteiger partial charge in [-0.2, -0.15) is 0 Å². The van der Waals surface area contributed by atoms with E-state index >= 15 is 0 Å². The second-order valence-electron chi connectivity index (χ2n) is 6.37. The topological polar surface area (TPSA) is 79.2 Å². The molecule has 1 heterocycles. The molecule has 1 aliphatic carbocycles. The first-order valence-electron chi connectivity index (χ1n) is 8.09. The molecule has 0 unspecified atom stereocenters. The number of hydrogen-bond acceptors (Lipinski definition) is 4. The number of anilines is 2. The Labute approximate surface area is 141 Å². The van der Waals surface area contributed by atoms with Gasteiger partial charge in [0.1, 0.15) is 0 Å². The number of imidazole rings is 1. The fourth-order valence-corrected chi connectivity index (χ4v) is 3.01. The van der Waals surface area contributed by atoms with E-state index in [9.17, 15) is 4.79 Å². The van der Waals surface area contributed by atoms with Gasteiger partial charge in [-0.3, -0.25) is 10.0 Å². The molecule has 0 bridgehead atoms. The van der Waals surface area contributed by atoms with Gasteiger partial charge in [-0.15, -0.1) is 0 Å². The van der Waals surface area contributed by atoms with E-state index in [0.29, 0.717) is 11.6 Å². The van der Waals surface area contributed by atoms with Crippen LogP contribution in [0.1, 0.15) is 55.0 Å². The predicted molar refractivity (Wildman–Crippen MR) is 93.6 cm³/mol. The van der Waals surface area contributed by atoms with Crippen molar-refractivity contribution >= 4 is 23.6 Å². The number of amides is 1. The van der Waals surface area contributed by atoms with Crippen molar-refractivity contribution in [3.63, 3.8) is 0 Å². The van der Waals surface area contributed by atoms with Gasteiger partial charge in [0.2, 0.25) is 5.95 Å². The number of aromatic nitrogens is 2. The summed E-state index contributed by atoms with van der Waals surface area (Å²) in [7, 11) is 0. The number of hydrogen-bond donors (Lipinski definition) is 3. The Balaban J connectivity index is 1.91. The first kappa shape index (κ1) is 16.3. The van der Waals surface area contributed by atoms with Gasteiger partial charge in [-0.1, -0.05) is 5.57 Å². The Morgan fingerprint density at radius 3 is 2.58 bits per heavy atom. The zero-order chi connectivity index (χ0) is 17.3. The summed E-state index contributed by atoms with van der Waals surface area (Å²) in [5.41, 5.74) is 6.51. The van der Waals surface area contributed by atoms with E-state index in [0.717, 1.165) is 30.2 Å². The summed E-state index contributed by atoms with van der Waals surface area (Å²) in [6, 6.07) is 7.20. The van der Waals surface area contributed by atoms with Gasteiger partial charge < -0.3 is 9.88 Å². The number of carbonyl (C=O) groups is 1. The van der Waals surface area contributed by atoms with Crippen LogP contribution in [0.3, 0.4) is 0 Å². The normalized spacial score (nSPS) is 13.5. The third-order valence-corrected chi connectivity index (χ3v) is 4.20. The first-order chi connectivity index (χ1) is 11.5. The van der Waals surface area contributed by atoms with E-state index in [1.54, 1.807) is 29.7 Å². The van der Waals surface area contributed by atoms with Crippen LogP contribution in [-0.2, 0) is 6.42 Å². The molecule has 6 nitrogen and oxygen atoms in total. The lowest BCUT2D eigenvalue weighted by Gasteiger charge is -2.18. The molecule has 6 heteroatoms. The largest absolute Gasteiger partial charge is 0.326 e. The van der Waals surface area contributed by atoms with Crippen molar-refractivity contribution < 1.29 is 10.0 Å². The molecule has 0 aliphatic heterocycles. The summed E-state index contributed by atoms with van der Waals surface area (Å²) in [5.74, 6) is 0.279. The summed E-state index contributed by atoms with van der Waals surface area (Å²) in [4.78, 5) is 16.1. The summed E-state index contributed by atoms with van der Waals surface area (Å²) >= 11 is 0. The van der Waals surface area contributed by atoms with E-state index in [1.807, 2.05) is 0 Å². The summed E-state index contributed by atoms with van der Waals surface area (Å²) in [5, 5.41) is 12.0. The molecule has 24 heavy (non-hydrogen) atoms. The van der Waals surface area contributed by atoms with Gasteiger partial charge in [0.15, 0.2) is 0 Å². The molecule has 1 aromatic heterocycles. The van der Waals surface area contributed by atoms with Crippen LogP contribution in [0.15, 0.2) is 29.8 Å².